The van der Waals surface area contributed by atoms with Crippen LogP contribution in [0.2, 0.25) is 5.02 Å². The first kappa shape index (κ1) is 15.5. The Morgan fingerprint density at radius 3 is 2.78 bits per heavy atom. The first-order valence-electron chi connectivity index (χ1n) is 7.09. The van der Waals surface area contributed by atoms with Crippen molar-refractivity contribution in [2.45, 2.75) is 6.61 Å². The summed E-state index contributed by atoms with van der Waals surface area (Å²) >= 11 is 6.11. The Hall–Kier alpha value is -2.37. The molecule has 0 spiro atoms. The van der Waals surface area contributed by atoms with E-state index in [0.717, 1.165) is 16.5 Å². The minimum atomic E-state index is -0.147. The minimum Gasteiger partial charge on any atom is -0.494 e. The van der Waals surface area contributed by atoms with E-state index >= 15 is 0 Å². The summed E-state index contributed by atoms with van der Waals surface area (Å²) in [6, 6.07) is 9.42. The molecule has 23 heavy (non-hydrogen) atoms. The van der Waals surface area contributed by atoms with Crippen LogP contribution in [0.3, 0.4) is 0 Å². The second kappa shape index (κ2) is 6.40. The van der Waals surface area contributed by atoms with Gasteiger partial charge in [0, 0.05) is 29.2 Å². The Labute approximate surface area is 138 Å². The van der Waals surface area contributed by atoms with E-state index in [4.69, 9.17) is 16.3 Å². The molecule has 118 valence electrons. The molecule has 0 aliphatic carbocycles. The normalized spacial score (nSPS) is 10.8. The Morgan fingerprint density at radius 2 is 2.13 bits per heavy atom. The lowest BCUT2D eigenvalue weighted by Gasteiger charge is -2.14. The van der Waals surface area contributed by atoms with Crippen molar-refractivity contribution in [2.75, 3.05) is 19.5 Å². The van der Waals surface area contributed by atoms with Crippen LogP contribution in [0.5, 0.6) is 5.75 Å². The quantitative estimate of drug-likeness (QED) is 0.767. The van der Waals surface area contributed by atoms with Crippen molar-refractivity contribution in [1.29, 1.82) is 0 Å². The second-order valence-corrected chi connectivity index (χ2v) is 5.43. The fraction of sp³-hybridized carbons (Fsp3) is 0.176. The molecule has 0 bridgehead atoms. The van der Waals surface area contributed by atoms with Gasteiger partial charge in [-0.3, -0.25) is 0 Å². The molecule has 3 rings (SSSR count). The number of nitrogens with one attached hydrogen (secondary N) is 1. The molecule has 0 radical (unpaired) electrons. The van der Waals surface area contributed by atoms with Crippen LogP contribution in [-0.4, -0.2) is 29.2 Å². The third-order valence-electron chi connectivity index (χ3n) is 3.64. The summed E-state index contributed by atoms with van der Waals surface area (Å²) in [7, 11) is 3.32. The maximum atomic E-state index is 9.70. The van der Waals surface area contributed by atoms with Gasteiger partial charge in [-0.15, -0.1) is 0 Å². The molecular formula is C17H16ClN3O2. The Bertz CT molecular complexity index is 868. The second-order valence-electron chi connectivity index (χ2n) is 4.99. The van der Waals surface area contributed by atoms with Crippen LogP contribution in [0.1, 0.15) is 5.56 Å². The number of methoxy groups -OCH3 is 1. The maximum Gasteiger partial charge on any atom is 0.223 e. The van der Waals surface area contributed by atoms with Gasteiger partial charge in [0.25, 0.3) is 0 Å². The Balaban J connectivity index is 2.38. The summed E-state index contributed by atoms with van der Waals surface area (Å²) in [6.45, 7) is -0.147. The van der Waals surface area contributed by atoms with Crippen molar-refractivity contribution in [3.63, 3.8) is 0 Å². The Kier molecular flexibility index (Phi) is 4.32. The van der Waals surface area contributed by atoms with E-state index in [1.54, 1.807) is 20.4 Å². The lowest BCUT2D eigenvalue weighted by atomic mass is 9.98. The van der Waals surface area contributed by atoms with E-state index in [1.165, 1.54) is 0 Å². The number of nitrogens with zero attached hydrogens (tertiary/aromatic N) is 2. The number of hydrogen-bond acceptors (Lipinski definition) is 5. The zero-order valence-electron chi connectivity index (χ0n) is 12.8. The molecule has 0 unspecified atom stereocenters. The summed E-state index contributed by atoms with van der Waals surface area (Å²) < 4.78 is 5.46. The molecule has 2 aromatic carbocycles. The molecule has 1 aromatic heterocycles. The number of fused-ring (bicyclic) bond motifs is 1. The summed E-state index contributed by atoms with van der Waals surface area (Å²) in [4.78, 5) is 8.78. The van der Waals surface area contributed by atoms with Gasteiger partial charge < -0.3 is 15.2 Å². The summed E-state index contributed by atoms with van der Waals surface area (Å²) in [5, 5.41) is 14.1. The SMILES string of the molecule is CNc1ncc2c(-c3cccc(Cl)c3)cc(CO)c(OC)c2n1. The van der Waals surface area contributed by atoms with E-state index < -0.39 is 0 Å². The monoisotopic (exact) mass is 329 g/mol. The number of halogens is 1. The smallest absolute Gasteiger partial charge is 0.223 e. The molecule has 5 nitrogen and oxygen atoms in total. The van der Waals surface area contributed by atoms with Gasteiger partial charge in [0.15, 0.2) is 5.75 Å². The van der Waals surface area contributed by atoms with Gasteiger partial charge in [-0.05, 0) is 29.3 Å². The minimum absolute atomic E-state index is 0.147. The highest BCUT2D eigenvalue weighted by Crippen LogP contribution is 2.37. The van der Waals surface area contributed by atoms with Gasteiger partial charge >= 0.3 is 0 Å². The highest BCUT2D eigenvalue weighted by molar-refractivity contribution is 6.30. The standard InChI is InChI=1S/C17H16ClN3O2/c1-19-17-20-8-14-13(10-4-3-5-12(18)6-10)7-11(9-22)16(23-2)15(14)21-17/h3-8,22H,9H2,1-2H3,(H,19,20,21). The molecule has 0 saturated carbocycles. The number of aliphatic hydroxyl groups excluding tert-OH is 1. The molecule has 0 aliphatic heterocycles. The zero-order chi connectivity index (χ0) is 16.4. The average molecular weight is 330 g/mol. The third kappa shape index (κ3) is 2.81. The summed E-state index contributed by atoms with van der Waals surface area (Å²) in [5.74, 6) is 1.04. The van der Waals surface area contributed by atoms with Crippen LogP contribution < -0.4 is 10.1 Å². The van der Waals surface area contributed by atoms with Gasteiger partial charge in [-0.2, -0.15) is 0 Å². The Morgan fingerprint density at radius 1 is 1.30 bits per heavy atom. The molecule has 1 heterocycles. The first-order valence-corrected chi connectivity index (χ1v) is 7.47. The van der Waals surface area contributed by atoms with E-state index in [-0.39, 0.29) is 6.61 Å². The van der Waals surface area contributed by atoms with Crippen LogP contribution in [0.15, 0.2) is 36.5 Å². The molecular weight excluding hydrogens is 314 g/mol. The topological polar surface area (TPSA) is 67.3 Å². The fourth-order valence-corrected chi connectivity index (χ4v) is 2.77. The predicted octanol–water partition coefficient (Wildman–Crippen LogP) is 3.49. The predicted molar refractivity (Wildman–Crippen MR) is 92.0 cm³/mol. The number of rotatable bonds is 4. The molecule has 0 atom stereocenters. The number of anilines is 1. The molecule has 2 N–H and O–H groups in total. The van der Waals surface area contributed by atoms with Crippen molar-refractivity contribution in [1.82, 2.24) is 9.97 Å². The fourth-order valence-electron chi connectivity index (χ4n) is 2.58. The van der Waals surface area contributed by atoms with Crippen molar-refractivity contribution in [2.24, 2.45) is 0 Å². The van der Waals surface area contributed by atoms with Gasteiger partial charge in [-0.1, -0.05) is 23.7 Å². The number of benzene rings is 2. The maximum absolute atomic E-state index is 9.70. The van der Waals surface area contributed by atoms with Crippen molar-refractivity contribution in [3.8, 4) is 16.9 Å². The van der Waals surface area contributed by atoms with Gasteiger partial charge in [0.2, 0.25) is 5.95 Å². The molecule has 0 saturated heterocycles. The molecule has 3 aromatic rings. The lowest BCUT2D eigenvalue weighted by Crippen LogP contribution is -2.01. The van der Waals surface area contributed by atoms with E-state index in [1.807, 2.05) is 30.3 Å². The number of ether oxygens (including phenoxy) is 1. The van der Waals surface area contributed by atoms with Crippen molar-refractivity contribution < 1.29 is 9.84 Å². The number of hydrogen-bond donors (Lipinski definition) is 2. The van der Waals surface area contributed by atoms with Gasteiger partial charge in [0.05, 0.1) is 13.7 Å². The van der Waals surface area contributed by atoms with Crippen LogP contribution >= 0.6 is 11.6 Å². The zero-order valence-corrected chi connectivity index (χ0v) is 13.6. The highest BCUT2D eigenvalue weighted by atomic mass is 35.5. The van der Waals surface area contributed by atoms with E-state index in [0.29, 0.717) is 27.8 Å². The largest absolute Gasteiger partial charge is 0.494 e. The van der Waals surface area contributed by atoms with Crippen LogP contribution in [0, 0.1) is 0 Å². The third-order valence-corrected chi connectivity index (χ3v) is 3.87. The highest BCUT2D eigenvalue weighted by Gasteiger charge is 2.16. The molecule has 0 fully saturated rings. The average Bonchev–Trinajstić information content (AvgIpc) is 2.59. The van der Waals surface area contributed by atoms with Crippen molar-refractivity contribution in [3.05, 3.63) is 47.1 Å². The lowest BCUT2D eigenvalue weighted by molar-refractivity contribution is 0.274. The van der Waals surface area contributed by atoms with Crippen LogP contribution in [0.25, 0.3) is 22.0 Å². The molecule has 0 aliphatic rings. The summed E-state index contributed by atoms with van der Waals surface area (Å²) in [5.41, 5.74) is 3.14. The van der Waals surface area contributed by atoms with Crippen LogP contribution in [0.4, 0.5) is 5.95 Å². The number of aliphatic hydroxyl groups is 1. The molecule has 6 heteroatoms. The van der Waals surface area contributed by atoms with Crippen molar-refractivity contribution >= 4 is 28.5 Å². The van der Waals surface area contributed by atoms with Gasteiger partial charge in [-0.25, -0.2) is 9.97 Å². The van der Waals surface area contributed by atoms with Gasteiger partial charge in [0.1, 0.15) is 5.52 Å². The van der Waals surface area contributed by atoms with Crippen LogP contribution in [-0.2, 0) is 6.61 Å². The molecule has 0 amide bonds. The summed E-state index contributed by atoms with van der Waals surface area (Å²) in [6.07, 6.45) is 1.74. The van der Waals surface area contributed by atoms with E-state index in [2.05, 4.69) is 15.3 Å². The van der Waals surface area contributed by atoms with E-state index in [9.17, 15) is 5.11 Å². The first-order chi connectivity index (χ1) is 11.2. The number of aromatic nitrogens is 2.